The second kappa shape index (κ2) is 5.59. The maximum atomic E-state index is 11.3. The lowest BCUT2D eigenvalue weighted by atomic mass is 10.1. The average molecular weight is 260 g/mol. The molecule has 3 N–H and O–H groups in total. The summed E-state index contributed by atoms with van der Waals surface area (Å²) in [6.07, 6.45) is 0.503. The van der Waals surface area contributed by atoms with E-state index in [1.54, 1.807) is 0 Å². The fourth-order valence-corrected chi connectivity index (χ4v) is 2.63. The van der Waals surface area contributed by atoms with Crippen LogP contribution in [-0.2, 0) is 11.2 Å². The van der Waals surface area contributed by atoms with E-state index in [4.69, 9.17) is 0 Å². The Bertz CT molecular complexity index is 469. The van der Waals surface area contributed by atoms with Gasteiger partial charge in [-0.15, -0.1) is 0 Å². The summed E-state index contributed by atoms with van der Waals surface area (Å²) < 4.78 is 0. The molecule has 1 aromatic carbocycles. The van der Waals surface area contributed by atoms with Crippen LogP contribution in [0.15, 0.2) is 18.2 Å². The molecule has 0 bridgehead atoms. The number of rotatable bonds is 4. The fourth-order valence-electron chi connectivity index (χ4n) is 2.63. The molecule has 5 nitrogen and oxygen atoms in total. The maximum absolute atomic E-state index is 11.3. The Morgan fingerprint density at radius 3 is 2.95 bits per heavy atom. The Hall–Kier alpha value is -1.59. The highest BCUT2D eigenvalue weighted by Crippen LogP contribution is 2.25. The summed E-state index contributed by atoms with van der Waals surface area (Å²) in [5.74, 6) is 0.0907. The third kappa shape index (κ3) is 3.05. The summed E-state index contributed by atoms with van der Waals surface area (Å²) in [6, 6.07) is 6.08. The number of amides is 1. The van der Waals surface area contributed by atoms with Gasteiger partial charge < -0.3 is 16.0 Å². The quantitative estimate of drug-likeness (QED) is 0.738. The molecular formula is C14H20N4O. The van der Waals surface area contributed by atoms with Crippen molar-refractivity contribution >= 4 is 17.3 Å². The van der Waals surface area contributed by atoms with E-state index < -0.39 is 0 Å². The Kier molecular flexibility index (Phi) is 3.66. The second-order valence-electron chi connectivity index (χ2n) is 5.12. The standard InChI is InChI=1S/C14H20N4O/c19-14-10-11-9-12(1-2-13(11)17-14)16-5-8-18-6-3-15-4-7-18/h1-2,9,15-16H,3-8,10H2,(H,17,19). The van der Waals surface area contributed by atoms with Crippen molar-refractivity contribution in [3.05, 3.63) is 23.8 Å². The molecule has 1 aromatic rings. The van der Waals surface area contributed by atoms with Crippen LogP contribution >= 0.6 is 0 Å². The first-order valence-electron chi connectivity index (χ1n) is 6.91. The van der Waals surface area contributed by atoms with Crippen molar-refractivity contribution < 1.29 is 4.79 Å². The first-order valence-corrected chi connectivity index (χ1v) is 6.91. The lowest BCUT2D eigenvalue weighted by Gasteiger charge is -2.27. The smallest absolute Gasteiger partial charge is 0.228 e. The topological polar surface area (TPSA) is 56.4 Å². The van der Waals surface area contributed by atoms with Crippen LogP contribution in [0.1, 0.15) is 5.56 Å². The molecule has 0 radical (unpaired) electrons. The normalized spacial score (nSPS) is 19.1. The van der Waals surface area contributed by atoms with Crippen LogP contribution in [-0.4, -0.2) is 50.1 Å². The number of hydrogen-bond donors (Lipinski definition) is 3. The summed E-state index contributed by atoms with van der Waals surface area (Å²) in [5.41, 5.74) is 3.15. The third-order valence-corrected chi connectivity index (χ3v) is 3.70. The first-order chi connectivity index (χ1) is 9.31. The minimum atomic E-state index is 0.0907. The number of carbonyl (C=O) groups excluding carboxylic acids is 1. The molecule has 0 aliphatic carbocycles. The molecule has 0 unspecified atom stereocenters. The molecule has 1 fully saturated rings. The molecule has 3 rings (SSSR count). The van der Waals surface area contributed by atoms with Gasteiger partial charge in [0.05, 0.1) is 6.42 Å². The molecule has 0 aromatic heterocycles. The van der Waals surface area contributed by atoms with Crippen molar-refractivity contribution in [2.24, 2.45) is 0 Å². The summed E-state index contributed by atoms with van der Waals surface area (Å²) in [7, 11) is 0. The predicted octanol–water partition coefficient (Wildman–Crippen LogP) is 0.498. The van der Waals surface area contributed by atoms with Gasteiger partial charge in [-0.05, 0) is 23.8 Å². The van der Waals surface area contributed by atoms with Crippen LogP contribution in [0.5, 0.6) is 0 Å². The first kappa shape index (κ1) is 12.4. The van der Waals surface area contributed by atoms with Crippen LogP contribution in [0.4, 0.5) is 11.4 Å². The van der Waals surface area contributed by atoms with Crippen molar-refractivity contribution in [2.75, 3.05) is 49.9 Å². The molecule has 1 amide bonds. The molecular weight excluding hydrogens is 240 g/mol. The fraction of sp³-hybridized carbons (Fsp3) is 0.500. The van der Waals surface area contributed by atoms with Crippen molar-refractivity contribution in [1.29, 1.82) is 0 Å². The third-order valence-electron chi connectivity index (χ3n) is 3.70. The van der Waals surface area contributed by atoms with E-state index in [9.17, 15) is 4.79 Å². The van der Waals surface area contributed by atoms with Gasteiger partial charge in [0.2, 0.25) is 5.91 Å². The van der Waals surface area contributed by atoms with Crippen LogP contribution in [0.2, 0.25) is 0 Å². The van der Waals surface area contributed by atoms with E-state index in [2.05, 4.69) is 26.9 Å². The molecule has 1 saturated heterocycles. The van der Waals surface area contributed by atoms with Crippen molar-refractivity contribution in [1.82, 2.24) is 10.2 Å². The molecule has 0 spiro atoms. The molecule has 5 heteroatoms. The van der Waals surface area contributed by atoms with E-state index in [-0.39, 0.29) is 5.91 Å². The van der Waals surface area contributed by atoms with Crippen molar-refractivity contribution in [2.45, 2.75) is 6.42 Å². The van der Waals surface area contributed by atoms with Gasteiger partial charge in [-0.3, -0.25) is 9.69 Å². The molecule has 102 valence electrons. The van der Waals surface area contributed by atoms with Crippen LogP contribution in [0.25, 0.3) is 0 Å². The average Bonchev–Trinajstić information content (AvgIpc) is 2.79. The number of nitrogens with one attached hydrogen (secondary N) is 3. The van der Waals surface area contributed by atoms with E-state index in [1.807, 2.05) is 12.1 Å². The molecule has 19 heavy (non-hydrogen) atoms. The Balaban J connectivity index is 1.50. The van der Waals surface area contributed by atoms with Gasteiger partial charge in [0.15, 0.2) is 0 Å². The zero-order valence-electron chi connectivity index (χ0n) is 11.0. The SMILES string of the molecule is O=C1Cc2cc(NCCN3CCNCC3)ccc2N1. The number of nitrogens with zero attached hydrogens (tertiary/aromatic N) is 1. The molecule has 0 saturated carbocycles. The second-order valence-corrected chi connectivity index (χ2v) is 5.12. The number of fused-ring (bicyclic) bond motifs is 1. The van der Waals surface area contributed by atoms with Gasteiger partial charge in [-0.1, -0.05) is 0 Å². The number of anilines is 2. The lowest BCUT2D eigenvalue weighted by molar-refractivity contribution is -0.115. The van der Waals surface area contributed by atoms with Gasteiger partial charge in [-0.25, -0.2) is 0 Å². The van der Waals surface area contributed by atoms with Crippen molar-refractivity contribution in [3.8, 4) is 0 Å². The summed E-state index contributed by atoms with van der Waals surface area (Å²) in [4.78, 5) is 13.7. The van der Waals surface area contributed by atoms with Crippen LogP contribution < -0.4 is 16.0 Å². The lowest BCUT2D eigenvalue weighted by Crippen LogP contribution is -2.45. The van der Waals surface area contributed by atoms with Gasteiger partial charge in [0.25, 0.3) is 0 Å². The van der Waals surface area contributed by atoms with Gasteiger partial charge in [0.1, 0.15) is 0 Å². The number of hydrogen-bond acceptors (Lipinski definition) is 4. The molecule has 2 heterocycles. The van der Waals surface area contributed by atoms with E-state index >= 15 is 0 Å². The Morgan fingerprint density at radius 2 is 2.11 bits per heavy atom. The Morgan fingerprint density at radius 1 is 1.26 bits per heavy atom. The minimum Gasteiger partial charge on any atom is -0.384 e. The van der Waals surface area contributed by atoms with Gasteiger partial charge in [0, 0.05) is 50.6 Å². The highest BCUT2D eigenvalue weighted by Gasteiger charge is 2.17. The van der Waals surface area contributed by atoms with Gasteiger partial charge >= 0.3 is 0 Å². The maximum Gasteiger partial charge on any atom is 0.228 e. The number of benzene rings is 1. The summed E-state index contributed by atoms with van der Waals surface area (Å²) >= 11 is 0. The zero-order chi connectivity index (χ0) is 13.1. The highest BCUT2D eigenvalue weighted by molar-refractivity contribution is 5.99. The largest absolute Gasteiger partial charge is 0.384 e. The van der Waals surface area contributed by atoms with Crippen LogP contribution in [0.3, 0.4) is 0 Å². The summed E-state index contributed by atoms with van der Waals surface area (Å²) in [5, 5.41) is 9.64. The van der Waals surface area contributed by atoms with E-state index in [1.165, 1.54) is 0 Å². The monoisotopic (exact) mass is 260 g/mol. The number of piperazine rings is 1. The highest BCUT2D eigenvalue weighted by atomic mass is 16.1. The number of carbonyl (C=O) groups is 1. The van der Waals surface area contributed by atoms with Crippen molar-refractivity contribution in [3.63, 3.8) is 0 Å². The van der Waals surface area contributed by atoms with E-state index in [0.717, 1.165) is 56.2 Å². The molecule has 2 aliphatic rings. The summed E-state index contributed by atoms with van der Waals surface area (Å²) in [6.45, 7) is 6.45. The van der Waals surface area contributed by atoms with Gasteiger partial charge in [-0.2, -0.15) is 0 Å². The van der Waals surface area contributed by atoms with E-state index in [0.29, 0.717) is 6.42 Å². The predicted molar refractivity (Wildman–Crippen MR) is 76.6 cm³/mol. The minimum absolute atomic E-state index is 0.0907. The van der Waals surface area contributed by atoms with Crippen LogP contribution in [0, 0.1) is 0 Å². The molecule has 2 aliphatic heterocycles. The zero-order valence-corrected chi connectivity index (χ0v) is 11.0. The molecule has 0 atom stereocenters. The Labute approximate surface area is 113 Å².